The van der Waals surface area contributed by atoms with Gasteiger partial charge in [-0.3, -0.25) is 4.79 Å². The highest BCUT2D eigenvalue weighted by Crippen LogP contribution is 2.37. The van der Waals surface area contributed by atoms with Crippen LogP contribution in [0, 0.1) is 0 Å². The zero-order valence-corrected chi connectivity index (χ0v) is 19.8. The van der Waals surface area contributed by atoms with E-state index in [4.69, 9.17) is 16.7 Å². The summed E-state index contributed by atoms with van der Waals surface area (Å²) >= 11 is 8.52. The summed E-state index contributed by atoms with van der Waals surface area (Å²) in [6.45, 7) is 3.89. The third kappa shape index (κ3) is 4.44. The number of benzene rings is 1. The lowest BCUT2D eigenvalue weighted by Gasteiger charge is -2.34. The Bertz CT molecular complexity index is 1320. The topological polar surface area (TPSA) is 108 Å². The van der Waals surface area contributed by atoms with Gasteiger partial charge in [-0.05, 0) is 23.6 Å². The van der Waals surface area contributed by atoms with Crippen molar-refractivity contribution in [2.75, 3.05) is 19.6 Å². The van der Waals surface area contributed by atoms with Crippen LogP contribution >= 0.6 is 34.3 Å². The summed E-state index contributed by atoms with van der Waals surface area (Å²) in [4.78, 5) is 29.7. The predicted octanol–water partition coefficient (Wildman–Crippen LogP) is 3.61. The number of fused-ring (bicyclic) bond motifs is 1. The largest absolute Gasteiger partial charge is 0.476 e. The fourth-order valence-corrected chi connectivity index (χ4v) is 7.59. The van der Waals surface area contributed by atoms with E-state index >= 15 is 0 Å². The number of amides is 1. The Labute approximate surface area is 197 Å². The van der Waals surface area contributed by atoms with Crippen LogP contribution < -0.4 is 0 Å². The van der Waals surface area contributed by atoms with Gasteiger partial charge in [-0.25, -0.2) is 18.2 Å². The molecule has 1 unspecified atom stereocenters. The smallest absolute Gasteiger partial charge is 0.355 e. The van der Waals surface area contributed by atoms with Crippen molar-refractivity contribution in [3.8, 4) is 0 Å². The maximum absolute atomic E-state index is 13.3. The first-order chi connectivity index (χ1) is 15.2. The van der Waals surface area contributed by atoms with Crippen LogP contribution in [-0.2, 0) is 21.4 Å². The fourth-order valence-electron chi connectivity index (χ4n) is 3.43. The summed E-state index contributed by atoms with van der Waals surface area (Å²) in [5, 5.41) is 11.4. The number of aromatic carboxylic acids is 1. The molecule has 168 valence electrons. The van der Waals surface area contributed by atoms with E-state index in [1.54, 1.807) is 18.2 Å². The molecule has 1 amide bonds. The molecule has 1 aromatic carbocycles. The molecular formula is C20H18ClN3O5S3. The first-order valence-electron chi connectivity index (χ1n) is 9.45. The van der Waals surface area contributed by atoms with Crippen LogP contribution in [0.2, 0.25) is 5.02 Å². The Hall–Kier alpha value is -2.31. The van der Waals surface area contributed by atoms with Crippen LogP contribution in [0.3, 0.4) is 0 Å². The van der Waals surface area contributed by atoms with Crippen LogP contribution in [0.15, 0.2) is 42.3 Å². The predicted molar refractivity (Wildman–Crippen MR) is 125 cm³/mol. The Morgan fingerprint density at radius 2 is 2.12 bits per heavy atom. The van der Waals surface area contributed by atoms with Crippen LogP contribution in [0.4, 0.5) is 0 Å². The molecule has 12 heteroatoms. The summed E-state index contributed by atoms with van der Waals surface area (Å²) < 4.78 is 28.7. The molecule has 3 heterocycles. The number of nitrogens with zero attached hydrogens (tertiary/aromatic N) is 3. The second-order valence-electron chi connectivity index (χ2n) is 7.11. The van der Waals surface area contributed by atoms with Crippen molar-refractivity contribution in [3.63, 3.8) is 0 Å². The number of piperazine rings is 1. The lowest BCUT2D eigenvalue weighted by molar-refractivity contribution is -0.134. The minimum atomic E-state index is -3.87. The molecule has 1 saturated heterocycles. The third-order valence-corrected chi connectivity index (χ3v) is 9.58. The fraction of sp³-hybridized carbons (Fsp3) is 0.250. The van der Waals surface area contributed by atoms with Gasteiger partial charge in [0.25, 0.3) is 0 Å². The number of aromatic nitrogens is 1. The van der Waals surface area contributed by atoms with Crippen molar-refractivity contribution in [1.29, 1.82) is 0 Å². The number of carboxylic acid groups (broad SMARTS) is 1. The zero-order valence-electron chi connectivity index (χ0n) is 16.6. The van der Waals surface area contributed by atoms with E-state index in [-0.39, 0.29) is 37.8 Å². The molecule has 1 N–H and O–H groups in total. The molecule has 2 aromatic heterocycles. The highest BCUT2D eigenvalue weighted by atomic mass is 35.5. The maximum Gasteiger partial charge on any atom is 0.355 e. The summed E-state index contributed by atoms with van der Waals surface area (Å²) in [6.07, 6.45) is 1.38. The number of hydrogen-bond donors (Lipinski definition) is 1. The second kappa shape index (κ2) is 8.91. The number of rotatable bonds is 7. The monoisotopic (exact) mass is 511 g/mol. The van der Waals surface area contributed by atoms with Gasteiger partial charge in [0.15, 0.2) is 5.69 Å². The van der Waals surface area contributed by atoms with E-state index in [0.29, 0.717) is 14.9 Å². The normalized spacial score (nSPS) is 16.4. The molecule has 1 aliphatic rings. The second-order valence-corrected chi connectivity index (χ2v) is 11.7. The molecule has 4 rings (SSSR count). The van der Waals surface area contributed by atoms with E-state index in [1.165, 1.54) is 32.0 Å². The molecule has 8 nitrogen and oxygen atoms in total. The van der Waals surface area contributed by atoms with Gasteiger partial charge in [-0.1, -0.05) is 23.7 Å². The number of carbonyl (C=O) groups excluding carboxylic acids is 1. The maximum atomic E-state index is 13.3. The quantitative estimate of drug-likeness (QED) is 0.485. The van der Waals surface area contributed by atoms with Crippen LogP contribution in [0.5, 0.6) is 0 Å². The number of carbonyl (C=O) groups is 2. The van der Waals surface area contributed by atoms with E-state index < -0.39 is 21.2 Å². The molecule has 1 atom stereocenters. The molecular weight excluding hydrogens is 494 g/mol. The van der Waals surface area contributed by atoms with E-state index in [2.05, 4.69) is 11.6 Å². The number of thiophene rings is 1. The van der Waals surface area contributed by atoms with E-state index in [1.807, 2.05) is 6.07 Å². The van der Waals surface area contributed by atoms with Crippen molar-refractivity contribution in [2.24, 2.45) is 0 Å². The molecule has 0 aliphatic carbocycles. The van der Waals surface area contributed by atoms with E-state index in [9.17, 15) is 18.0 Å². The van der Waals surface area contributed by atoms with Gasteiger partial charge in [0.2, 0.25) is 15.9 Å². The summed E-state index contributed by atoms with van der Waals surface area (Å²) in [7, 11) is -3.87. The van der Waals surface area contributed by atoms with Gasteiger partial charge in [0.05, 0.1) is 13.1 Å². The minimum Gasteiger partial charge on any atom is -0.476 e. The summed E-state index contributed by atoms with van der Waals surface area (Å²) in [5.41, 5.74) is -0.0721. The third-order valence-electron chi connectivity index (χ3n) is 5.06. The molecule has 3 aromatic rings. The van der Waals surface area contributed by atoms with Crippen molar-refractivity contribution < 1.29 is 23.1 Å². The Morgan fingerprint density at radius 1 is 1.34 bits per heavy atom. The van der Waals surface area contributed by atoms with Crippen LogP contribution in [0.25, 0.3) is 10.1 Å². The van der Waals surface area contributed by atoms with Gasteiger partial charge >= 0.3 is 5.97 Å². The standard InChI is InChI=1S/C20H18ClN3O5S3/c1-2-17(16-7-12-3-4-13(21)8-15(12)31-16)32(28,29)24-6-5-23(19(25)10-24)9-18-22-14(11-30-18)20(26)27/h2-4,7-8,11,17H,1,5-6,9-10H2,(H,26,27). The number of thiazole rings is 1. The lowest BCUT2D eigenvalue weighted by atomic mass is 10.2. The first-order valence-corrected chi connectivity index (χ1v) is 13.0. The Morgan fingerprint density at radius 3 is 2.78 bits per heavy atom. The first kappa shape index (κ1) is 22.9. The number of halogens is 1. The average molecular weight is 512 g/mol. The number of hydrogen-bond acceptors (Lipinski definition) is 7. The van der Waals surface area contributed by atoms with Crippen molar-refractivity contribution in [1.82, 2.24) is 14.2 Å². The molecule has 0 bridgehead atoms. The summed E-state index contributed by atoms with van der Waals surface area (Å²) in [6, 6.07) is 7.17. The minimum absolute atomic E-state index is 0.0721. The van der Waals surface area contributed by atoms with Gasteiger partial charge in [0, 0.05) is 33.1 Å². The van der Waals surface area contributed by atoms with Gasteiger partial charge in [-0.15, -0.1) is 29.3 Å². The van der Waals surface area contributed by atoms with Crippen molar-refractivity contribution >= 4 is 66.3 Å². The van der Waals surface area contributed by atoms with Crippen LogP contribution in [-0.4, -0.2) is 59.2 Å². The van der Waals surface area contributed by atoms with Crippen LogP contribution in [0.1, 0.15) is 25.6 Å². The Kier molecular flexibility index (Phi) is 6.37. The SMILES string of the molecule is C=CC(c1cc2ccc(Cl)cc2s1)S(=O)(=O)N1CCN(Cc2nc(C(=O)O)cs2)C(=O)C1. The molecule has 0 radical (unpaired) electrons. The Balaban J connectivity index is 1.50. The molecule has 0 saturated carbocycles. The lowest BCUT2D eigenvalue weighted by Crippen LogP contribution is -2.52. The van der Waals surface area contributed by atoms with Gasteiger partial charge in [0.1, 0.15) is 10.3 Å². The highest BCUT2D eigenvalue weighted by molar-refractivity contribution is 7.89. The molecule has 0 spiro atoms. The molecule has 32 heavy (non-hydrogen) atoms. The molecule has 1 aliphatic heterocycles. The van der Waals surface area contributed by atoms with Crippen molar-refractivity contribution in [3.05, 3.63) is 62.9 Å². The average Bonchev–Trinajstić information content (AvgIpc) is 3.36. The van der Waals surface area contributed by atoms with E-state index in [0.717, 1.165) is 21.4 Å². The number of carboxylic acids is 1. The van der Waals surface area contributed by atoms with Gasteiger partial charge in [-0.2, -0.15) is 4.31 Å². The highest BCUT2D eigenvalue weighted by Gasteiger charge is 2.37. The number of sulfonamides is 1. The van der Waals surface area contributed by atoms with Gasteiger partial charge < -0.3 is 10.0 Å². The zero-order chi connectivity index (χ0) is 23.0. The van der Waals surface area contributed by atoms with Crippen molar-refractivity contribution in [2.45, 2.75) is 11.8 Å². The molecule has 1 fully saturated rings. The summed E-state index contributed by atoms with van der Waals surface area (Å²) in [5.74, 6) is -1.49.